The number of rotatable bonds is 8. The van der Waals surface area contributed by atoms with Gasteiger partial charge < -0.3 is 0 Å². The summed E-state index contributed by atoms with van der Waals surface area (Å²) >= 11 is 1.60. The molecule has 1 fully saturated rings. The van der Waals surface area contributed by atoms with Gasteiger partial charge in [-0.25, -0.2) is 13.4 Å². The van der Waals surface area contributed by atoms with E-state index < -0.39 is 9.84 Å². The van der Waals surface area contributed by atoms with Gasteiger partial charge in [0.1, 0.15) is 5.78 Å². The van der Waals surface area contributed by atoms with Gasteiger partial charge in [-0.3, -0.25) is 4.79 Å². The third-order valence-corrected chi connectivity index (χ3v) is 9.04. The van der Waals surface area contributed by atoms with Crippen LogP contribution in [-0.4, -0.2) is 30.2 Å². The van der Waals surface area contributed by atoms with E-state index in [1.807, 2.05) is 31.5 Å². The third kappa shape index (κ3) is 5.17. The maximum Gasteiger partial charge on any atom is 0.153 e. The van der Waals surface area contributed by atoms with Gasteiger partial charge in [0.05, 0.1) is 26.7 Å². The van der Waals surface area contributed by atoms with E-state index in [0.29, 0.717) is 12.2 Å². The SMILES string of the molecule is CCCC(C)S(=O)(=O)CC1CCC(C(=O)Cc2ccc3ncsc3c2)CC1. The second-order valence-corrected chi connectivity index (χ2v) is 11.3. The zero-order valence-electron chi connectivity index (χ0n) is 16.2. The second kappa shape index (κ2) is 8.82. The first-order valence-corrected chi connectivity index (χ1v) is 12.5. The van der Waals surface area contributed by atoms with Crippen molar-refractivity contribution in [1.29, 1.82) is 0 Å². The number of aromatic nitrogens is 1. The number of hydrogen-bond acceptors (Lipinski definition) is 5. The van der Waals surface area contributed by atoms with Crippen LogP contribution in [-0.2, 0) is 21.1 Å². The zero-order chi connectivity index (χ0) is 19.4. The summed E-state index contributed by atoms with van der Waals surface area (Å²) in [6, 6.07) is 6.04. The molecule has 0 aliphatic heterocycles. The van der Waals surface area contributed by atoms with E-state index in [1.54, 1.807) is 11.3 Å². The Labute approximate surface area is 166 Å². The van der Waals surface area contributed by atoms with Crippen molar-refractivity contribution in [2.24, 2.45) is 11.8 Å². The van der Waals surface area contributed by atoms with Gasteiger partial charge in [-0.1, -0.05) is 19.4 Å². The minimum absolute atomic E-state index is 0.0779. The van der Waals surface area contributed by atoms with Gasteiger partial charge in [0.25, 0.3) is 0 Å². The summed E-state index contributed by atoms with van der Waals surface area (Å²) in [5, 5.41) is -0.247. The number of hydrogen-bond donors (Lipinski definition) is 0. The Kier molecular flexibility index (Phi) is 6.69. The maximum absolute atomic E-state index is 12.7. The number of fused-ring (bicyclic) bond motifs is 1. The van der Waals surface area contributed by atoms with Crippen molar-refractivity contribution in [3.63, 3.8) is 0 Å². The minimum Gasteiger partial charge on any atom is -0.299 e. The summed E-state index contributed by atoms with van der Waals surface area (Å²) in [5.74, 6) is 0.873. The van der Waals surface area contributed by atoms with Crippen LogP contribution < -0.4 is 0 Å². The summed E-state index contributed by atoms with van der Waals surface area (Å²) < 4.78 is 26.0. The molecule has 0 bridgehead atoms. The Morgan fingerprint density at radius 2 is 2.00 bits per heavy atom. The normalized spacial score (nSPS) is 22.0. The van der Waals surface area contributed by atoms with Crippen LogP contribution in [0.15, 0.2) is 23.7 Å². The molecule has 0 spiro atoms. The standard InChI is InChI=1S/C21H29NO3S2/c1-3-4-15(2)27(24,25)13-16-5-8-18(9-6-16)20(23)11-17-7-10-19-21(12-17)26-14-22-19/h7,10,12,14-16,18H,3-6,8-9,11,13H2,1-2H3. The number of carbonyl (C=O) groups is 1. The highest BCUT2D eigenvalue weighted by atomic mass is 32.2. The number of thiazole rings is 1. The average Bonchev–Trinajstić information content (AvgIpc) is 3.10. The molecule has 4 nitrogen and oxygen atoms in total. The molecule has 1 aromatic carbocycles. The molecule has 1 aliphatic carbocycles. The molecule has 1 saturated carbocycles. The predicted molar refractivity (Wildman–Crippen MR) is 112 cm³/mol. The lowest BCUT2D eigenvalue weighted by Gasteiger charge is -2.28. The number of nitrogens with zero attached hydrogens (tertiary/aromatic N) is 1. The van der Waals surface area contributed by atoms with E-state index in [4.69, 9.17) is 0 Å². The van der Waals surface area contributed by atoms with Crippen LogP contribution in [0.3, 0.4) is 0 Å². The van der Waals surface area contributed by atoms with Crippen LogP contribution in [0.5, 0.6) is 0 Å². The highest BCUT2D eigenvalue weighted by Crippen LogP contribution is 2.32. The largest absolute Gasteiger partial charge is 0.299 e. The molecule has 3 rings (SSSR count). The Morgan fingerprint density at radius 3 is 2.70 bits per heavy atom. The molecule has 2 aromatic rings. The van der Waals surface area contributed by atoms with Gasteiger partial charge in [-0.05, 0) is 62.6 Å². The molecule has 0 N–H and O–H groups in total. The van der Waals surface area contributed by atoms with E-state index in [9.17, 15) is 13.2 Å². The Balaban J connectivity index is 1.51. The molecule has 27 heavy (non-hydrogen) atoms. The number of Topliss-reactive ketones (excluding diaryl/α,β-unsaturated/α-hetero) is 1. The van der Waals surface area contributed by atoms with Gasteiger partial charge in [-0.15, -0.1) is 11.3 Å². The van der Waals surface area contributed by atoms with Crippen molar-refractivity contribution in [3.8, 4) is 0 Å². The lowest BCUT2D eigenvalue weighted by atomic mass is 9.79. The number of carbonyl (C=O) groups excluding carboxylic acids is 1. The fourth-order valence-electron chi connectivity index (χ4n) is 4.08. The number of sulfone groups is 1. The fraction of sp³-hybridized carbons (Fsp3) is 0.619. The molecule has 0 amide bonds. The van der Waals surface area contributed by atoms with Crippen molar-refractivity contribution >= 4 is 37.2 Å². The molecule has 1 aliphatic rings. The Bertz CT molecular complexity index is 880. The van der Waals surface area contributed by atoms with Gasteiger partial charge in [-0.2, -0.15) is 0 Å². The van der Waals surface area contributed by atoms with Crippen molar-refractivity contribution in [2.45, 2.75) is 64.0 Å². The van der Waals surface area contributed by atoms with Crippen LogP contribution in [0.2, 0.25) is 0 Å². The summed E-state index contributed by atoms with van der Waals surface area (Å²) in [7, 11) is -3.01. The Hall–Kier alpha value is -1.27. The Morgan fingerprint density at radius 1 is 1.26 bits per heavy atom. The maximum atomic E-state index is 12.7. The van der Waals surface area contributed by atoms with Crippen LogP contribution in [0.4, 0.5) is 0 Å². The van der Waals surface area contributed by atoms with Crippen molar-refractivity contribution in [2.75, 3.05) is 5.75 Å². The molecule has 0 saturated heterocycles. The van der Waals surface area contributed by atoms with Gasteiger partial charge >= 0.3 is 0 Å². The summed E-state index contributed by atoms with van der Waals surface area (Å²) in [6.07, 6.45) is 5.45. The lowest BCUT2D eigenvalue weighted by Crippen LogP contribution is -2.30. The topological polar surface area (TPSA) is 64.1 Å². The van der Waals surface area contributed by atoms with E-state index in [0.717, 1.165) is 54.3 Å². The second-order valence-electron chi connectivity index (χ2n) is 7.94. The van der Waals surface area contributed by atoms with Crippen LogP contribution in [0.25, 0.3) is 10.2 Å². The van der Waals surface area contributed by atoms with Crippen LogP contribution in [0.1, 0.15) is 57.9 Å². The highest BCUT2D eigenvalue weighted by Gasteiger charge is 2.30. The first-order chi connectivity index (χ1) is 12.9. The summed E-state index contributed by atoms with van der Waals surface area (Å²) in [4.78, 5) is 17.0. The van der Waals surface area contributed by atoms with Crippen molar-refractivity contribution < 1.29 is 13.2 Å². The molecular formula is C21H29NO3S2. The fourth-order valence-corrected chi connectivity index (χ4v) is 6.74. The molecule has 6 heteroatoms. The first-order valence-electron chi connectivity index (χ1n) is 9.95. The quantitative estimate of drug-likeness (QED) is 0.629. The van der Waals surface area contributed by atoms with Gasteiger partial charge in [0, 0.05) is 12.3 Å². The monoisotopic (exact) mass is 407 g/mol. The number of ketones is 1. The zero-order valence-corrected chi connectivity index (χ0v) is 17.8. The van der Waals surface area contributed by atoms with E-state index >= 15 is 0 Å². The molecular weight excluding hydrogens is 378 g/mol. The third-order valence-electron chi connectivity index (χ3n) is 5.85. The summed E-state index contributed by atoms with van der Waals surface area (Å²) in [5.41, 5.74) is 3.86. The van der Waals surface area contributed by atoms with Gasteiger partial charge in [0.2, 0.25) is 0 Å². The average molecular weight is 408 g/mol. The highest BCUT2D eigenvalue weighted by molar-refractivity contribution is 7.92. The predicted octanol–water partition coefficient (Wildman–Crippen LogP) is 4.82. The number of benzene rings is 1. The van der Waals surface area contributed by atoms with E-state index in [1.165, 1.54) is 0 Å². The molecule has 148 valence electrons. The smallest absolute Gasteiger partial charge is 0.153 e. The van der Waals surface area contributed by atoms with Crippen molar-refractivity contribution in [1.82, 2.24) is 4.98 Å². The van der Waals surface area contributed by atoms with E-state index in [-0.39, 0.29) is 22.8 Å². The molecule has 0 radical (unpaired) electrons. The van der Waals surface area contributed by atoms with E-state index in [2.05, 4.69) is 11.1 Å². The first kappa shape index (κ1) is 20.5. The lowest BCUT2D eigenvalue weighted by molar-refractivity contribution is -0.123. The van der Waals surface area contributed by atoms with Crippen LogP contribution in [0, 0.1) is 11.8 Å². The molecule has 1 aromatic heterocycles. The molecule has 1 heterocycles. The molecule has 1 atom stereocenters. The van der Waals surface area contributed by atoms with Crippen LogP contribution >= 0.6 is 11.3 Å². The molecule has 1 unspecified atom stereocenters. The summed E-state index contributed by atoms with van der Waals surface area (Å²) in [6.45, 7) is 3.85. The minimum atomic E-state index is -3.01. The van der Waals surface area contributed by atoms with Gasteiger partial charge in [0.15, 0.2) is 9.84 Å². The van der Waals surface area contributed by atoms with Crippen molar-refractivity contribution in [3.05, 3.63) is 29.3 Å².